The lowest BCUT2D eigenvalue weighted by Crippen LogP contribution is -2.55. The maximum atomic E-state index is 16.8. The van der Waals surface area contributed by atoms with E-state index in [2.05, 4.69) is 20.3 Å². The highest BCUT2D eigenvalue weighted by Gasteiger charge is 2.66. The number of fused-ring (bicyclic) bond motifs is 1. The lowest BCUT2D eigenvalue weighted by atomic mass is 9.84. The number of benzene rings is 2. The molecular formula is C29H30FN5O6. The van der Waals surface area contributed by atoms with Crippen LogP contribution in [0.1, 0.15) is 42.9 Å². The lowest BCUT2D eigenvalue weighted by molar-refractivity contribution is -0.175. The van der Waals surface area contributed by atoms with E-state index in [1.54, 1.807) is 37.4 Å². The molecule has 214 valence electrons. The van der Waals surface area contributed by atoms with Gasteiger partial charge in [0.15, 0.2) is 34.5 Å². The van der Waals surface area contributed by atoms with Crippen LogP contribution in [0.25, 0.3) is 11.2 Å². The summed E-state index contributed by atoms with van der Waals surface area (Å²) in [6.07, 6.45) is 0.275. The van der Waals surface area contributed by atoms with Crippen molar-refractivity contribution in [2.75, 3.05) is 19.0 Å². The van der Waals surface area contributed by atoms with Crippen LogP contribution in [0.5, 0.6) is 5.75 Å². The van der Waals surface area contributed by atoms with Gasteiger partial charge in [-0.25, -0.2) is 24.1 Å². The number of methoxy groups -OCH3 is 1. The maximum absolute atomic E-state index is 16.8. The smallest absolute Gasteiger partial charge is 0.338 e. The van der Waals surface area contributed by atoms with Gasteiger partial charge in [-0.15, -0.1) is 0 Å². The number of carbonyl (C=O) groups excluding carboxylic acids is 2. The highest BCUT2D eigenvalue weighted by molar-refractivity contribution is 5.89. The van der Waals surface area contributed by atoms with Crippen molar-refractivity contribution >= 4 is 28.9 Å². The molecule has 0 saturated carbocycles. The Hall–Kier alpha value is -4.58. The number of carbonyl (C=O) groups is 2. The van der Waals surface area contributed by atoms with Gasteiger partial charge in [0.2, 0.25) is 0 Å². The molecule has 0 unspecified atom stereocenters. The molecule has 5 rings (SSSR count). The van der Waals surface area contributed by atoms with Gasteiger partial charge in [0, 0.05) is 13.5 Å². The second kappa shape index (κ2) is 11.1. The van der Waals surface area contributed by atoms with E-state index in [-0.39, 0.29) is 6.61 Å². The molecule has 0 aliphatic carbocycles. The molecule has 0 spiro atoms. The van der Waals surface area contributed by atoms with Gasteiger partial charge in [0.25, 0.3) is 0 Å². The van der Waals surface area contributed by atoms with Gasteiger partial charge in [0.05, 0.1) is 19.0 Å². The van der Waals surface area contributed by atoms with Crippen molar-refractivity contribution in [1.82, 2.24) is 19.5 Å². The van der Waals surface area contributed by atoms with E-state index in [1.165, 1.54) is 38.0 Å². The van der Waals surface area contributed by atoms with Crippen molar-refractivity contribution < 1.29 is 32.9 Å². The van der Waals surface area contributed by atoms with Crippen LogP contribution in [0.4, 0.5) is 10.2 Å². The monoisotopic (exact) mass is 563 g/mol. The van der Waals surface area contributed by atoms with E-state index in [0.717, 1.165) is 11.3 Å². The zero-order valence-electron chi connectivity index (χ0n) is 23.0. The Kier molecular flexibility index (Phi) is 7.59. The summed E-state index contributed by atoms with van der Waals surface area (Å²) in [6, 6.07) is 15.9. The quantitative estimate of drug-likeness (QED) is 0.295. The first kappa shape index (κ1) is 28.0. The van der Waals surface area contributed by atoms with Gasteiger partial charge >= 0.3 is 11.9 Å². The van der Waals surface area contributed by atoms with Crippen molar-refractivity contribution in [3.05, 3.63) is 78.4 Å². The number of imidazole rings is 1. The minimum Gasteiger partial charge on any atom is -0.497 e. The van der Waals surface area contributed by atoms with Gasteiger partial charge in [-0.3, -0.25) is 9.36 Å². The number of hydrogen-bond donors (Lipinski definition) is 1. The number of hydrogen-bond acceptors (Lipinski definition) is 10. The largest absolute Gasteiger partial charge is 0.497 e. The van der Waals surface area contributed by atoms with Crippen molar-refractivity contribution in [2.45, 2.75) is 50.9 Å². The fourth-order valence-corrected chi connectivity index (χ4v) is 4.89. The van der Waals surface area contributed by atoms with Crippen molar-refractivity contribution in [3.8, 4) is 5.75 Å². The number of nitrogens with zero attached hydrogens (tertiary/aromatic N) is 4. The molecule has 0 bridgehead atoms. The van der Waals surface area contributed by atoms with Crippen LogP contribution < -0.4 is 10.1 Å². The molecule has 3 heterocycles. The van der Waals surface area contributed by atoms with E-state index in [0.29, 0.717) is 29.1 Å². The SMILES string of the molecule is COc1cccc(CNc2ncnc3c2ncn3[C@@H]2O[C@H](COC(=O)c3ccccc3)[C@@](C)(OC(C)=O)[C@@]2(C)F)c1. The predicted octanol–water partition coefficient (Wildman–Crippen LogP) is 4.25. The van der Waals surface area contributed by atoms with E-state index in [9.17, 15) is 9.59 Å². The highest BCUT2D eigenvalue weighted by Crippen LogP contribution is 2.51. The first-order valence-corrected chi connectivity index (χ1v) is 12.9. The Balaban J connectivity index is 1.42. The third-order valence-corrected chi connectivity index (χ3v) is 7.28. The number of aromatic nitrogens is 4. The molecule has 2 aromatic carbocycles. The molecule has 0 radical (unpaired) electrons. The van der Waals surface area contributed by atoms with Crippen molar-refractivity contribution in [3.63, 3.8) is 0 Å². The molecule has 4 atom stereocenters. The van der Waals surface area contributed by atoms with E-state index >= 15 is 4.39 Å². The molecule has 1 saturated heterocycles. The van der Waals surface area contributed by atoms with Crippen molar-refractivity contribution in [1.29, 1.82) is 0 Å². The van der Waals surface area contributed by atoms with Gasteiger partial charge in [0.1, 0.15) is 24.8 Å². The Labute approximate surface area is 235 Å². The molecule has 1 fully saturated rings. The summed E-state index contributed by atoms with van der Waals surface area (Å²) in [5, 5.41) is 3.24. The second-order valence-electron chi connectivity index (χ2n) is 9.97. The number of esters is 2. The number of halogens is 1. The molecule has 4 aromatic rings. The highest BCUT2D eigenvalue weighted by atomic mass is 19.1. The van der Waals surface area contributed by atoms with E-state index in [4.69, 9.17) is 18.9 Å². The Morgan fingerprint density at radius 1 is 1.10 bits per heavy atom. The normalized spacial score (nSPS) is 23.7. The maximum Gasteiger partial charge on any atom is 0.338 e. The summed E-state index contributed by atoms with van der Waals surface area (Å²) in [4.78, 5) is 37.7. The van der Waals surface area contributed by atoms with Crippen LogP contribution in [0, 0.1) is 0 Å². The molecule has 1 aliphatic rings. The van der Waals surface area contributed by atoms with Gasteiger partial charge in [-0.2, -0.15) is 0 Å². The Bertz CT molecular complexity index is 1560. The zero-order valence-corrected chi connectivity index (χ0v) is 23.0. The van der Waals surface area contributed by atoms with Crippen LogP contribution in [0.15, 0.2) is 67.3 Å². The number of nitrogens with one attached hydrogen (secondary N) is 1. The average molecular weight is 564 g/mol. The summed E-state index contributed by atoms with van der Waals surface area (Å²) in [5.41, 5.74) is -2.12. The second-order valence-corrected chi connectivity index (χ2v) is 9.97. The Morgan fingerprint density at radius 3 is 2.61 bits per heavy atom. The van der Waals surface area contributed by atoms with Crippen LogP contribution in [0.3, 0.4) is 0 Å². The van der Waals surface area contributed by atoms with Crippen LogP contribution in [-0.4, -0.2) is 62.5 Å². The topological polar surface area (TPSA) is 127 Å². The van der Waals surface area contributed by atoms with Gasteiger partial charge < -0.3 is 24.3 Å². The van der Waals surface area contributed by atoms with E-state index in [1.807, 2.05) is 24.3 Å². The zero-order chi connectivity index (χ0) is 29.2. The molecule has 0 amide bonds. The van der Waals surface area contributed by atoms with Crippen molar-refractivity contribution in [2.24, 2.45) is 0 Å². The third kappa shape index (κ3) is 5.30. The first-order valence-electron chi connectivity index (χ1n) is 12.9. The van der Waals surface area contributed by atoms with Crippen LogP contribution >= 0.6 is 0 Å². The predicted molar refractivity (Wildman–Crippen MR) is 146 cm³/mol. The number of anilines is 1. The average Bonchev–Trinajstić information content (AvgIpc) is 3.47. The number of alkyl halides is 1. The van der Waals surface area contributed by atoms with Crippen LogP contribution in [0.2, 0.25) is 0 Å². The summed E-state index contributed by atoms with van der Waals surface area (Å²) < 4.78 is 40.6. The van der Waals surface area contributed by atoms with E-state index < -0.39 is 35.5 Å². The summed E-state index contributed by atoms with van der Waals surface area (Å²) >= 11 is 0. The summed E-state index contributed by atoms with van der Waals surface area (Å²) in [5.74, 6) is -0.161. The number of ether oxygens (including phenoxy) is 4. The van der Waals surface area contributed by atoms with Gasteiger partial charge in [-0.05, 0) is 43.7 Å². The minimum atomic E-state index is -2.28. The molecule has 41 heavy (non-hydrogen) atoms. The molecular weight excluding hydrogens is 533 g/mol. The number of rotatable bonds is 9. The van der Waals surface area contributed by atoms with Crippen LogP contribution in [-0.2, 0) is 25.5 Å². The molecule has 12 heteroatoms. The Morgan fingerprint density at radius 2 is 1.88 bits per heavy atom. The summed E-state index contributed by atoms with van der Waals surface area (Å²) in [7, 11) is 1.60. The minimum absolute atomic E-state index is 0.300. The lowest BCUT2D eigenvalue weighted by Gasteiger charge is -2.36. The van der Waals surface area contributed by atoms with Gasteiger partial charge in [-0.1, -0.05) is 30.3 Å². The fourth-order valence-electron chi connectivity index (χ4n) is 4.89. The summed E-state index contributed by atoms with van der Waals surface area (Å²) in [6.45, 7) is 3.94. The molecule has 1 aliphatic heterocycles. The molecule has 1 N–H and O–H groups in total. The fraction of sp³-hybridized carbons (Fsp3) is 0.345. The first-order chi connectivity index (χ1) is 19.6. The standard InChI is InChI=1S/C29H30FN5O6/c1-18(36)41-29(3)22(15-39-26(37)20-10-6-5-7-11-20)40-27(28(29,2)30)35-17-34-23-24(32-16-33-25(23)35)31-14-19-9-8-12-21(13-19)38-4/h5-13,16-17,22,27H,14-15H2,1-4H3,(H,31,32,33)/t22-,27-,28+,29-/m1/s1. The third-order valence-electron chi connectivity index (χ3n) is 7.28. The molecule has 2 aromatic heterocycles. The molecule has 11 nitrogen and oxygen atoms in total.